The highest BCUT2D eigenvalue weighted by Gasteiger charge is 2.01. The average molecular weight is 194 g/mol. The SMILES string of the molecule is CNC(=O)Nc1ccc(C(C)N)cn1. The molecule has 5 nitrogen and oxygen atoms in total. The van der Waals surface area contributed by atoms with Crippen LogP contribution in [0.15, 0.2) is 18.3 Å². The summed E-state index contributed by atoms with van der Waals surface area (Å²) in [6.07, 6.45) is 1.65. The smallest absolute Gasteiger partial charge is 0.320 e. The molecule has 0 spiro atoms. The molecule has 0 radical (unpaired) electrons. The van der Waals surface area contributed by atoms with Crippen LogP contribution >= 0.6 is 0 Å². The Kier molecular flexibility index (Phi) is 3.41. The van der Waals surface area contributed by atoms with Crippen molar-refractivity contribution in [3.63, 3.8) is 0 Å². The van der Waals surface area contributed by atoms with Gasteiger partial charge in [-0.2, -0.15) is 0 Å². The molecule has 1 aromatic rings. The van der Waals surface area contributed by atoms with Crippen LogP contribution in [0.5, 0.6) is 0 Å². The van der Waals surface area contributed by atoms with Crippen LogP contribution in [0.4, 0.5) is 10.6 Å². The number of aromatic nitrogens is 1. The first-order chi connectivity index (χ1) is 6.63. The van der Waals surface area contributed by atoms with Gasteiger partial charge in [0.25, 0.3) is 0 Å². The maximum atomic E-state index is 10.9. The summed E-state index contributed by atoms with van der Waals surface area (Å²) in [7, 11) is 1.55. The van der Waals surface area contributed by atoms with Crippen LogP contribution in [-0.4, -0.2) is 18.1 Å². The molecule has 14 heavy (non-hydrogen) atoms. The van der Waals surface area contributed by atoms with Gasteiger partial charge in [-0.1, -0.05) is 6.07 Å². The van der Waals surface area contributed by atoms with Gasteiger partial charge in [0, 0.05) is 19.3 Å². The molecule has 0 aliphatic carbocycles. The minimum atomic E-state index is -0.286. The highest BCUT2D eigenvalue weighted by Crippen LogP contribution is 2.10. The number of pyridine rings is 1. The van der Waals surface area contributed by atoms with E-state index in [0.717, 1.165) is 5.56 Å². The number of carbonyl (C=O) groups is 1. The van der Waals surface area contributed by atoms with E-state index in [1.807, 2.05) is 13.0 Å². The Bertz CT molecular complexity index is 307. The zero-order valence-corrected chi connectivity index (χ0v) is 8.24. The molecule has 0 bridgehead atoms. The van der Waals surface area contributed by atoms with Crippen molar-refractivity contribution in [2.75, 3.05) is 12.4 Å². The van der Waals surface area contributed by atoms with E-state index in [2.05, 4.69) is 15.6 Å². The molecule has 1 aromatic heterocycles. The molecule has 4 N–H and O–H groups in total. The second-order valence-electron chi connectivity index (χ2n) is 2.97. The van der Waals surface area contributed by atoms with Crippen LogP contribution in [0.2, 0.25) is 0 Å². The molecular formula is C9H14N4O. The van der Waals surface area contributed by atoms with Crippen molar-refractivity contribution < 1.29 is 4.79 Å². The van der Waals surface area contributed by atoms with E-state index in [1.165, 1.54) is 0 Å². The maximum absolute atomic E-state index is 10.9. The van der Waals surface area contributed by atoms with Crippen LogP contribution in [0.3, 0.4) is 0 Å². The summed E-state index contributed by atoms with van der Waals surface area (Å²) in [6, 6.07) is 3.22. The highest BCUT2D eigenvalue weighted by molar-refractivity contribution is 5.87. The minimum Gasteiger partial charge on any atom is -0.341 e. The highest BCUT2D eigenvalue weighted by atomic mass is 16.2. The molecular weight excluding hydrogens is 180 g/mol. The minimum absolute atomic E-state index is 0.0449. The third-order valence-corrected chi connectivity index (χ3v) is 1.78. The van der Waals surface area contributed by atoms with Crippen molar-refractivity contribution >= 4 is 11.8 Å². The van der Waals surface area contributed by atoms with Gasteiger partial charge in [0.1, 0.15) is 5.82 Å². The molecule has 2 amide bonds. The van der Waals surface area contributed by atoms with E-state index in [9.17, 15) is 4.79 Å². The van der Waals surface area contributed by atoms with Crippen LogP contribution in [0.25, 0.3) is 0 Å². The number of nitrogens with zero attached hydrogens (tertiary/aromatic N) is 1. The standard InChI is InChI=1S/C9H14N4O/c1-6(10)7-3-4-8(12-5-7)13-9(14)11-2/h3-6H,10H2,1-2H3,(H2,11,12,13,14). The van der Waals surface area contributed by atoms with E-state index in [1.54, 1.807) is 19.3 Å². The number of hydrogen-bond donors (Lipinski definition) is 3. The molecule has 1 atom stereocenters. The number of nitrogens with one attached hydrogen (secondary N) is 2. The normalized spacial score (nSPS) is 11.9. The zero-order chi connectivity index (χ0) is 10.6. The zero-order valence-electron chi connectivity index (χ0n) is 8.24. The van der Waals surface area contributed by atoms with Gasteiger partial charge in [-0.25, -0.2) is 9.78 Å². The Labute approximate surface area is 82.7 Å². The molecule has 0 aromatic carbocycles. The summed E-state index contributed by atoms with van der Waals surface area (Å²) in [6.45, 7) is 1.88. The van der Waals surface area contributed by atoms with Crippen molar-refractivity contribution in [3.8, 4) is 0 Å². The second kappa shape index (κ2) is 4.57. The number of hydrogen-bond acceptors (Lipinski definition) is 3. The van der Waals surface area contributed by atoms with Crippen LogP contribution in [-0.2, 0) is 0 Å². The summed E-state index contributed by atoms with van der Waals surface area (Å²) in [5, 5.41) is 4.99. The first-order valence-electron chi connectivity index (χ1n) is 4.33. The first-order valence-corrected chi connectivity index (χ1v) is 4.33. The lowest BCUT2D eigenvalue weighted by Gasteiger charge is -2.06. The Balaban J connectivity index is 2.69. The van der Waals surface area contributed by atoms with Crippen molar-refractivity contribution in [3.05, 3.63) is 23.9 Å². The molecule has 0 saturated heterocycles. The maximum Gasteiger partial charge on any atom is 0.320 e. The van der Waals surface area contributed by atoms with E-state index in [4.69, 9.17) is 5.73 Å². The number of rotatable bonds is 2. The summed E-state index contributed by atoms with van der Waals surface area (Å²) >= 11 is 0. The van der Waals surface area contributed by atoms with E-state index < -0.39 is 0 Å². The quantitative estimate of drug-likeness (QED) is 0.653. The first kappa shape index (κ1) is 10.5. The van der Waals surface area contributed by atoms with Crippen molar-refractivity contribution in [2.45, 2.75) is 13.0 Å². The van der Waals surface area contributed by atoms with Crippen molar-refractivity contribution in [1.29, 1.82) is 0 Å². The summed E-state index contributed by atoms with van der Waals surface area (Å²) < 4.78 is 0. The Morgan fingerprint density at radius 1 is 1.57 bits per heavy atom. The van der Waals surface area contributed by atoms with Gasteiger partial charge in [-0.3, -0.25) is 5.32 Å². The predicted octanol–water partition coefficient (Wildman–Crippen LogP) is 0.853. The molecule has 1 rings (SSSR count). The summed E-state index contributed by atoms with van der Waals surface area (Å²) in [5.74, 6) is 0.508. The van der Waals surface area contributed by atoms with E-state index in [-0.39, 0.29) is 12.1 Å². The molecule has 1 unspecified atom stereocenters. The number of amides is 2. The van der Waals surface area contributed by atoms with Gasteiger partial charge < -0.3 is 11.1 Å². The monoisotopic (exact) mass is 194 g/mol. The third-order valence-electron chi connectivity index (χ3n) is 1.78. The molecule has 0 saturated carbocycles. The average Bonchev–Trinajstić information content (AvgIpc) is 2.18. The van der Waals surface area contributed by atoms with Crippen LogP contribution in [0.1, 0.15) is 18.5 Å². The number of nitrogens with two attached hydrogens (primary N) is 1. The lowest BCUT2D eigenvalue weighted by Crippen LogP contribution is -2.24. The third kappa shape index (κ3) is 2.70. The molecule has 0 fully saturated rings. The summed E-state index contributed by atoms with van der Waals surface area (Å²) in [5.41, 5.74) is 6.59. The largest absolute Gasteiger partial charge is 0.341 e. The molecule has 5 heteroatoms. The van der Waals surface area contributed by atoms with Crippen LogP contribution < -0.4 is 16.4 Å². The van der Waals surface area contributed by atoms with E-state index in [0.29, 0.717) is 5.82 Å². The molecule has 0 aliphatic heterocycles. The van der Waals surface area contributed by atoms with Gasteiger partial charge in [0.05, 0.1) is 0 Å². The van der Waals surface area contributed by atoms with Gasteiger partial charge in [0.2, 0.25) is 0 Å². The molecule has 76 valence electrons. The Morgan fingerprint density at radius 3 is 2.71 bits per heavy atom. The topological polar surface area (TPSA) is 80.0 Å². The van der Waals surface area contributed by atoms with Crippen molar-refractivity contribution in [2.24, 2.45) is 5.73 Å². The van der Waals surface area contributed by atoms with Gasteiger partial charge >= 0.3 is 6.03 Å². The lowest BCUT2D eigenvalue weighted by molar-refractivity contribution is 0.254. The Hall–Kier alpha value is -1.62. The number of anilines is 1. The van der Waals surface area contributed by atoms with Gasteiger partial charge in [-0.05, 0) is 18.6 Å². The fraction of sp³-hybridized carbons (Fsp3) is 0.333. The number of urea groups is 1. The predicted molar refractivity (Wildman–Crippen MR) is 54.9 cm³/mol. The molecule has 0 aliphatic rings. The fourth-order valence-electron chi connectivity index (χ4n) is 0.927. The van der Waals surface area contributed by atoms with Crippen LogP contribution in [0, 0.1) is 0 Å². The van der Waals surface area contributed by atoms with Gasteiger partial charge in [0.15, 0.2) is 0 Å². The van der Waals surface area contributed by atoms with Gasteiger partial charge in [-0.15, -0.1) is 0 Å². The molecule has 1 heterocycles. The number of carbonyl (C=O) groups excluding carboxylic acids is 1. The second-order valence-corrected chi connectivity index (χ2v) is 2.97. The lowest BCUT2D eigenvalue weighted by atomic mass is 10.2. The van der Waals surface area contributed by atoms with E-state index >= 15 is 0 Å². The van der Waals surface area contributed by atoms with Crippen molar-refractivity contribution in [1.82, 2.24) is 10.3 Å². The Morgan fingerprint density at radius 2 is 2.29 bits per heavy atom. The fourth-order valence-corrected chi connectivity index (χ4v) is 0.927. The summed E-state index contributed by atoms with van der Waals surface area (Å²) in [4.78, 5) is 14.9.